The number of unbranched alkanes of at least 4 members (excludes halogenated alkanes) is 2. The Labute approximate surface area is 297 Å². The van der Waals surface area contributed by atoms with Crippen molar-refractivity contribution in [1.29, 1.82) is 0 Å². The fourth-order valence-corrected chi connectivity index (χ4v) is 5.33. The monoisotopic (exact) mass is 706 g/mol. The number of nitrogens with zero attached hydrogens (tertiary/aromatic N) is 2. The summed E-state index contributed by atoms with van der Waals surface area (Å²) in [5.74, 6) is -3.10. The Kier molecular flexibility index (Phi) is 16.4. The van der Waals surface area contributed by atoms with Gasteiger partial charge >= 0.3 is 11.9 Å². The lowest BCUT2D eigenvalue weighted by atomic mass is 9.90. The Balaban J connectivity index is 1.61. The van der Waals surface area contributed by atoms with E-state index in [1.165, 1.54) is 37.5 Å². The number of carbonyl (C=O) groups is 6. The molecule has 0 fully saturated rings. The number of benzene rings is 2. The van der Waals surface area contributed by atoms with Crippen molar-refractivity contribution >= 4 is 36.1 Å². The average Bonchev–Trinajstić information content (AvgIpc) is 3.66. The second kappa shape index (κ2) is 20.9. The Morgan fingerprint density at radius 3 is 2.10 bits per heavy atom. The van der Waals surface area contributed by atoms with E-state index in [-0.39, 0.29) is 30.5 Å². The number of rotatable bonds is 21. The van der Waals surface area contributed by atoms with Crippen molar-refractivity contribution in [3.8, 4) is 11.3 Å². The Morgan fingerprint density at radius 2 is 1.51 bits per heavy atom. The van der Waals surface area contributed by atoms with Gasteiger partial charge in [0.2, 0.25) is 12.3 Å². The van der Waals surface area contributed by atoms with E-state index in [9.17, 15) is 28.8 Å². The maximum absolute atomic E-state index is 13.4. The molecule has 274 valence electrons. The molecule has 0 radical (unpaired) electrons. The van der Waals surface area contributed by atoms with Gasteiger partial charge in [-0.1, -0.05) is 75.6 Å². The van der Waals surface area contributed by atoms with Crippen LogP contribution in [0, 0.1) is 5.92 Å². The summed E-state index contributed by atoms with van der Waals surface area (Å²) < 4.78 is 15.0. The molecular weight excluding hydrogens is 660 g/mol. The van der Waals surface area contributed by atoms with Crippen molar-refractivity contribution in [2.45, 2.75) is 58.6 Å². The minimum Gasteiger partial charge on any atom is -0.468 e. The summed E-state index contributed by atoms with van der Waals surface area (Å²) >= 11 is 0. The van der Waals surface area contributed by atoms with Crippen LogP contribution >= 0.6 is 0 Å². The van der Waals surface area contributed by atoms with Crippen molar-refractivity contribution in [2.24, 2.45) is 5.92 Å². The number of methoxy groups -OCH3 is 2. The number of hydroxylamine groups is 2. The van der Waals surface area contributed by atoms with E-state index >= 15 is 0 Å². The number of amides is 4. The SMILES string of the molecule is CCCCC[C@@H](C(=O)NCNC(=O)c1ccc(-c2ccc(C(=O)N(CC(=O)OC)CC(=O)OC)cc2)o1)[C@@H](CC)N(C=O)OCc1ccccc1. The van der Waals surface area contributed by atoms with Crippen molar-refractivity contribution in [1.82, 2.24) is 20.6 Å². The third-order valence-electron chi connectivity index (χ3n) is 8.13. The summed E-state index contributed by atoms with van der Waals surface area (Å²) in [6.45, 7) is 3.07. The molecule has 14 heteroatoms. The summed E-state index contributed by atoms with van der Waals surface area (Å²) in [5, 5.41) is 6.62. The van der Waals surface area contributed by atoms with Gasteiger partial charge in [0.25, 0.3) is 11.8 Å². The topological polar surface area (TPSA) is 174 Å². The molecule has 3 rings (SSSR count). The fraction of sp³-hybridized carbons (Fsp3) is 0.405. The smallest absolute Gasteiger partial charge is 0.325 e. The number of nitrogens with one attached hydrogen (secondary N) is 2. The Hall–Kier alpha value is -5.50. The molecule has 0 spiro atoms. The van der Waals surface area contributed by atoms with Crippen molar-refractivity contribution in [2.75, 3.05) is 34.0 Å². The quantitative estimate of drug-likeness (QED) is 0.0540. The number of furan rings is 1. The van der Waals surface area contributed by atoms with Gasteiger partial charge in [-0.2, -0.15) is 0 Å². The molecule has 2 atom stereocenters. The lowest BCUT2D eigenvalue weighted by Gasteiger charge is -2.32. The van der Waals surface area contributed by atoms with E-state index in [1.807, 2.05) is 37.3 Å². The number of carbonyl (C=O) groups excluding carboxylic acids is 6. The predicted molar refractivity (Wildman–Crippen MR) is 185 cm³/mol. The first-order valence-corrected chi connectivity index (χ1v) is 16.7. The van der Waals surface area contributed by atoms with Gasteiger partial charge in [-0.15, -0.1) is 0 Å². The fourth-order valence-electron chi connectivity index (χ4n) is 5.33. The van der Waals surface area contributed by atoms with Gasteiger partial charge in [-0.25, -0.2) is 5.06 Å². The van der Waals surface area contributed by atoms with Crippen LogP contribution in [0.2, 0.25) is 0 Å². The van der Waals surface area contributed by atoms with Crippen LogP contribution in [0.4, 0.5) is 0 Å². The van der Waals surface area contributed by atoms with E-state index in [0.29, 0.717) is 30.6 Å². The Bertz CT molecular complexity index is 1570. The van der Waals surface area contributed by atoms with Gasteiger partial charge in [0.15, 0.2) is 5.76 Å². The van der Waals surface area contributed by atoms with Crippen LogP contribution in [0.5, 0.6) is 0 Å². The van der Waals surface area contributed by atoms with E-state index in [4.69, 9.17) is 9.25 Å². The molecule has 1 aromatic heterocycles. The van der Waals surface area contributed by atoms with Crippen LogP contribution in [0.15, 0.2) is 71.1 Å². The second-order valence-corrected chi connectivity index (χ2v) is 11.6. The second-order valence-electron chi connectivity index (χ2n) is 11.6. The zero-order valence-electron chi connectivity index (χ0n) is 29.4. The van der Waals surface area contributed by atoms with Gasteiger partial charge in [0.05, 0.1) is 32.8 Å². The van der Waals surface area contributed by atoms with Crippen molar-refractivity contribution in [3.05, 3.63) is 83.6 Å². The van der Waals surface area contributed by atoms with E-state index in [2.05, 4.69) is 27.0 Å². The van der Waals surface area contributed by atoms with Crippen LogP contribution < -0.4 is 10.6 Å². The minimum absolute atomic E-state index is 0.00546. The minimum atomic E-state index is -0.699. The maximum Gasteiger partial charge on any atom is 0.325 e. The molecule has 0 aliphatic heterocycles. The van der Waals surface area contributed by atoms with Gasteiger partial charge < -0.3 is 29.4 Å². The third kappa shape index (κ3) is 12.1. The predicted octanol–water partition coefficient (Wildman–Crippen LogP) is 4.10. The highest BCUT2D eigenvalue weighted by Crippen LogP contribution is 2.24. The number of hydrogen-bond acceptors (Lipinski definition) is 10. The summed E-state index contributed by atoms with van der Waals surface area (Å²) in [7, 11) is 2.35. The highest BCUT2D eigenvalue weighted by atomic mass is 16.7. The van der Waals surface area contributed by atoms with Gasteiger partial charge in [0.1, 0.15) is 25.5 Å². The molecule has 2 aromatic carbocycles. The molecule has 1 heterocycles. The first-order chi connectivity index (χ1) is 24.6. The van der Waals surface area contributed by atoms with E-state index in [1.54, 1.807) is 18.2 Å². The zero-order valence-corrected chi connectivity index (χ0v) is 29.4. The molecule has 0 aliphatic rings. The van der Waals surface area contributed by atoms with Crippen molar-refractivity contribution < 1.29 is 47.5 Å². The third-order valence-corrected chi connectivity index (χ3v) is 8.13. The van der Waals surface area contributed by atoms with Gasteiger partial charge in [0, 0.05) is 11.1 Å². The summed E-state index contributed by atoms with van der Waals surface area (Å²) in [4.78, 5) is 81.8. The lowest BCUT2D eigenvalue weighted by molar-refractivity contribution is -0.200. The van der Waals surface area contributed by atoms with Crippen LogP contribution in [-0.2, 0) is 40.1 Å². The zero-order chi connectivity index (χ0) is 37.2. The van der Waals surface area contributed by atoms with Gasteiger partial charge in [-0.3, -0.25) is 33.6 Å². The number of esters is 2. The molecule has 14 nitrogen and oxygen atoms in total. The average molecular weight is 707 g/mol. The first-order valence-electron chi connectivity index (χ1n) is 16.7. The van der Waals surface area contributed by atoms with Crippen molar-refractivity contribution in [3.63, 3.8) is 0 Å². The summed E-state index contributed by atoms with van der Waals surface area (Å²) in [5.41, 5.74) is 1.64. The van der Waals surface area contributed by atoms with Crippen LogP contribution in [0.25, 0.3) is 11.3 Å². The van der Waals surface area contributed by atoms with Crippen LogP contribution in [0.3, 0.4) is 0 Å². The van der Waals surface area contributed by atoms with E-state index < -0.39 is 48.8 Å². The van der Waals surface area contributed by atoms with Crippen LogP contribution in [0.1, 0.15) is 72.4 Å². The summed E-state index contributed by atoms with van der Waals surface area (Å²) in [6, 6.07) is 18.2. The molecule has 0 aliphatic carbocycles. The molecule has 4 amide bonds. The molecule has 3 aromatic rings. The van der Waals surface area contributed by atoms with E-state index in [0.717, 1.165) is 29.7 Å². The Morgan fingerprint density at radius 1 is 0.843 bits per heavy atom. The molecular formula is C37H46N4O10. The standard InChI is InChI=1S/C37H46N4O10/c1-5-7-9-14-29(30(6-2)41(25-42)50-23-26-12-10-8-11-13-26)35(45)38-24-39-36(46)32-20-19-31(51-32)27-15-17-28(18-16-27)37(47)40(21-33(43)48-3)22-34(44)49-4/h8,10-13,15-20,25,29-30H,5-7,9,14,21-24H2,1-4H3,(H,38,45)(H,39,46)/t29-,30-/m1/s1. The molecule has 0 saturated carbocycles. The highest BCUT2D eigenvalue weighted by molar-refractivity contribution is 5.98. The summed E-state index contributed by atoms with van der Waals surface area (Å²) in [6.07, 6.45) is 4.28. The molecule has 0 saturated heterocycles. The highest BCUT2D eigenvalue weighted by Gasteiger charge is 2.32. The largest absolute Gasteiger partial charge is 0.468 e. The normalized spacial score (nSPS) is 11.8. The lowest BCUT2D eigenvalue weighted by Crippen LogP contribution is -2.48. The molecule has 51 heavy (non-hydrogen) atoms. The molecule has 0 unspecified atom stereocenters. The number of ether oxygens (including phenoxy) is 2. The molecule has 0 bridgehead atoms. The van der Waals surface area contributed by atoms with Crippen LogP contribution in [-0.4, -0.2) is 86.1 Å². The number of hydrogen-bond donors (Lipinski definition) is 2. The van der Waals surface area contributed by atoms with Gasteiger partial charge in [-0.05, 0) is 42.7 Å². The maximum atomic E-state index is 13.4. The first kappa shape index (κ1) is 39.9. The molecule has 2 N–H and O–H groups in total.